The number of hydrogen-bond donors (Lipinski definition) is 1. The molecule has 0 saturated carbocycles. The Hall–Kier alpha value is -4.29. The van der Waals surface area contributed by atoms with Gasteiger partial charge in [0.2, 0.25) is 0 Å². The molecule has 0 saturated heterocycles. The molecule has 1 amide bonds. The molecule has 0 aliphatic carbocycles. The first-order valence-electron chi connectivity index (χ1n) is 10.7. The van der Waals surface area contributed by atoms with Crippen LogP contribution in [-0.4, -0.2) is 30.4 Å². The molecule has 0 radical (unpaired) electrons. The molecule has 0 aliphatic rings. The van der Waals surface area contributed by atoms with Crippen LogP contribution in [-0.2, 0) is 16.3 Å². The van der Waals surface area contributed by atoms with Crippen molar-refractivity contribution in [3.05, 3.63) is 95.6 Å². The van der Waals surface area contributed by atoms with Gasteiger partial charge in [0, 0.05) is 11.8 Å². The Morgan fingerprint density at radius 3 is 2.54 bits per heavy atom. The van der Waals surface area contributed by atoms with E-state index < -0.39 is 21.6 Å². The first kappa shape index (κ1) is 23.9. The molecule has 1 N–H and O–H groups in total. The molecule has 0 unspecified atom stereocenters. The van der Waals surface area contributed by atoms with Gasteiger partial charge in [-0.1, -0.05) is 37.3 Å². The van der Waals surface area contributed by atoms with Crippen LogP contribution < -0.4 is 5.32 Å². The summed E-state index contributed by atoms with van der Waals surface area (Å²) in [6, 6.07) is 20.8. The van der Waals surface area contributed by atoms with Gasteiger partial charge < -0.3 is 5.32 Å². The second kappa shape index (κ2) is 9.52. The van der Waals surface area contributed by atoms with Gasteiger partial charge in [-0.3, -0.25) is 4.79 Å². The molecule has 0 bridgehead atoms. The van der Waals surface area contributed by atoms with E-state index in [1.807, 2.05) is 6.92 Å². The molecule has 3 aromatic carbocycles. The Morgan fingerprint density at radius 2 is 1.86 bits per heavy atom. The molecule has 0 atom stereocenters. The molecular weight excluding hydrogens is 467 g/mol. The number of anilines is 1. The highest BCUT2D eigenvalue weighted by Crippen LogP contribution is 2.30. The summed E-state index contributed by atoms with van der Waals surface area (Å²) < 4.78 is 40.7. The van der Waals surface area contributed by atoms with Gasteiger partial charge in [-0.2, -0.15) is 10.4 Å². The normalized spacial score (nSPS) is 11.1. The van der Waals surface area contributed by atoms with E-state index in [4.69, 9.17) is 0 Å². The summed E-state index contributed by atoms with van der Waals surface area (Å²) in [5.41, 5.74) is 2.46. The third-order valence-electron chi connectivity index (χ3n) is 5.39. The molecule has 0 fully saturated rings. The Bertz CT molecular complexity index is 1590. The molecule has 35 heavy (non-hydrogen) atoms. The van der Waals surface area contributed by atoms with Crippen molar-refractivity contribution in [2.45, 2.75) is 18.2 Å². The Kier molecular flexibility index (Phi) is 6.49. The van der Waals surface area contributed by atoms with Gasteiger partial charge in [0.1, 0.15) is 11.5 Å². The van der Waals surface area contributed by atoms with E-state index in [1.54, 1.807) is 54.6 Å². The van der Waals surface area contributed by atoms with Crippen LogP contribution in [0.25, 0.3) is 16.8 Å². The van der Waals surface area contributed by atoms with E-state index >= 15 is 4.39 Å². The number of amides is 1. The number of nitrogens with one attached hydrogen (secondary N) is 1. The second-order valence-corrected chi connectivity index (χ2v) is 9.85. The molecule has 1 heterocycles. The average Bonchev–Trinajstić information content (AvgIpc) is 3.30. The molecule has 4 aromatic rings. The van der Waals surface area contributed by atoms with Crippen molar-refractivity contribution >= 4 is 21.4 Å². The van der Waals surface area contributed by atoms with Crippen LogP contribution >= 0.6 is 0 Å². The quantitative estimate of drug-likeness (QED) is 0.421. The number of rotatable bonds is 6. The molecule has 0 spiro atoms. The molecular formula is C26H21FN4O3S. The van der Waals surface area contributed by atoms with E-state index in [0.717, 1.165) is 6.26 Å². The zero-order valence-corrected chi connectivity index (χ0v) is 19.8. The van der Waals surface area contributed by atoms with Gasteiger partial charge in [-0.05, 0) is 54.4 Å². The maximum atomic E-state index is 15.0. The number of sulfone groups is 1. The molecule has 7 nitrogen and oxygen atoms in total. The molecule has 9 heteroatoms. The first-order chi connectivity index (χ1) is 16.7. The van der Waals surface area contributed by atoms with Gasteiger partial charge in [0.25, 0.3) is 5.91 Å². The highest BCUT2D eigenvalue weighted by atomic mass is 32.2. The van der Waals surface area contributed by atoms with E-state index in [9.17, 15) is 18.5 Å². The predicted octanol–water partition coefficient (Wildman–Crippen LogP) is 4.77. The third-order valence-corrected chi connectivity index (χ3v) is 6.54. The predicted molar refractivity (Wildman–Crippen MR) is 131 cm³/mol. The van der Waals surface area contributed by atoms with E-state index in [-0.39, 0.29) is 16.3 Å². The van der Waals surface area contributed by atoms with Crippen LogP contribution in [0.2, 0.25) is 0 Å². The minimum Gasteiger partial charge on any atom is -0.318 e. The Labute approximate surface area is 202 Å². The lowest BCUT2D eigenvalue weighted by molar-refractivity contribution is 0.101. The molecule has 0 aliphatic heterocycles. The molecule has 4 rings (SSSR count). The lowest BCUT2D eigenvalue weighted by Gasteiger charge is -2.12. The minimum atomic E-state index is -3.52. The number of carbonyl (C=O) groups excluding carboxylic acids is 1. The van der Waals surface area contributed by atoms with Crippen LogP contribution in [0.15, 0.2) is 77.7 Å². The molecule has 1 aromatic heterocycles. The zero-order valence-electron chi connectivity index (χ0n) is 19.0. The third kappa shape index (κ3) is 4.98. The standard InChI is InChI=1S/C26H21FN4O3S/c1-3-19-15-24(31(30-19)20-8-6-7-17(13-20)16-28)26(32)29-23-12-11-18(14-22(23)27)21-9-4-5-10-25(21)35(2,33)34/h4-15H,3H2,1-2H3,(H,29,32). The number of carbonyl (C=O) groups is 1. The fourth-order valence-electron chi connectivity index (χ4n) is 3.67. The lowest BCUT2D eigenvalue weighted by atomic mass is 10.0. The minimum absolute atomic E-state index is 0.0628. The van der Waals surface area contributed by atoms with E-state index in [1.165, 1.54) is 22.9 Å². The van der Waals surface area contributed by atoms with Gasteiger partial charge in [0.15, 0.2) is 9.84 Å². The van der Waals surface area contributed by atoms with Crippen LogP contribution in [0.5, 0.6) is 0 Å². The van der Waals surface area contributed by atoms with Gasteiger partial charge >= 0.3 is 0 Å². The fraction of sp³-hybridized carbons (Fsp3) is 0.115. The highest BCUT2D eigenvalue weighted by Gasteiger charge is 2.19. The van der Waals surface area contributed by atoms with Crippen LogP contribution in [0.1, 0.15) is 28.7 Å². The smallest absolute Gasteiger partial charge is 0.274 e. The van der Waals surface area contributed by atoms with Crippen LogP contribution in [0, 0.1) is 17.1 Å². The zero-order chi connectivity index (χ0) is 25.2. The Balaban J connectivity index is 1.67. The van der Waals surface area contributed by atoms with Gasteiger partial charge in [0.05, 0.1) is 33.6 Å². The van der Waals surface area contributed by atoms with Crippen molar-refractivity contribution in [2.24, 2.45) is 0 Å². The second-order valence-electron chi connectivity index (χ2n) is 7.87. The summed E-state index contributed by atoms with van der Waals surface area (Å²) in [6.07, 6.45) is 1.67. The summed E-state index contributed by atoms with van der Waals surface area (Å²) in [5, 5.41) is 16.2. The fourth-order valence-corrected chi connectivity index (χ4v) is 4.58. The number of halogens is 1. The number of benzene rings is 3. The maximum absolute atomic E-state index is 15.0. The number of hydrogen-bond acceptors (Lipinski definition) is 5. The van der Waals surface area contributed by atoms with Crippen molar-refractivity contribution in [3.63, 3.8) is 0 Å². The van der Waals surface area contributed by atoms with Crippen molar-refractivity contribution in [2.75, 3.05) is 11.6 Å². The summed E-state index contributed by atoms with van der Waals surface area (Å²) in [4.78, 5) is 13.2. The summed E-state index contributed by atoms with van der Waals surface area (Å²) in [6.45, 7) is 1.90. The first-order valence-corrected chi connectivity index (χ1v) is 12.6. The average molecular weight is 489 g/mol. The SMILES string of the molecule is CCc1cc(C(=O)Nc2ccc(-c3ccccc3S(C)(=O)=O)cc2F)n(-c2cccc(C#N)c2)n1. The maximum Gasteiger partial charge on any atom is 0.274 e. The number of nitrogens with zero attached hydrogens (tertiary/aromatic N) is 3. The van der Waals surface area contributed by atoms with Crippen molar-refractivity contribution in [1.29, 1.82) is 5.26 Å². The highest BCUT2D eigenvalue weighted by molar-refractivity contribution is 7.90. The van der Waals surface area contributed by atoms with Crippen molar-refractivity contribution in [3.8, 4) is 22.9 Å². The summed E-state index contributed by atoms with van der Waals surface area (Å²) in [7, 11) is -3.52. The largest absolute Gasteiger partial charge is 0.318 e. The van der Waals surface area contributed by atoms with Crippen LogP contribution in [0.4, 0.5) is 10.1 Å². The summed E-state index contributed by atoms with van der Waals surface area (Å²) in [5.74, 6) is -1.30. The van der Waals surface area contributed by atoms with E-state index in [2.05, 4.69) is 16.5 Å². The number of nitriles is 1. The Morgan fingerprint density at radius 1 is 1.09 bits per heavy atom. The lowest BCUT2D eigenvalue weighted by Crippen LogP contribution is -2.17. The van der Waals surface area contributed by atoms with Gasteiger partial charge in [-0.15, -0.1) is 0 Å². The van der Waals surface area contributed by atoms with Crippen LogP contribution in [0.3, 0.4) is 0 Å². The summed E-state index contributed by atoms with van der Waals surface area (Å²) >= 11 is 0. The van der Waals surface area contributed by atoms with Crippen molar-refractivity contribution < 1.29 is 17.6 Å². The van der Waals surface area contributed by atoms with E-state index in [0.29, 0.717) is 34.5 Å². The van der Waals surface area contributed by atoms with Crippen molar-refractivity contribution in [1.82, 2.24) is 9.78 Å². The monoisotopic (exact) mass is 488 g/mol. The van der Waals surface area contributed by atoms with Gasteiger partial charge in [-0.25, -0.2) is 17.5 Å². The number of aryl methyl sites for hydroxylation is 1. The molecule has 176 valence electrons. The topological polar surface area (TPSA) is 105 Å². The number of aromatic nitrogens is 2.